The summed E-state index contributed by atoms with van der Waals surface area (Å²) in [5.74, 6) is 0.375. The molecule has 2 aromatic heterocycles. The molecule has 1 atom stereocenters. The Morgan fingerprint density at radius 2 is 2.10 bits per heavy atom. The number of rotatable bonds is 4. The first kappa shape index (κ1) is 14.6. The third-order valence-corrected chi connectivity index (χ3v) is 3.65. The summed E-state index contributed by atoms with van der Waals surface area (Å²) in [5.41, 5.74) is 1.95. The number of aliphatic hydroxyl groups is 1. The quantitative estimate of drug-likeness (QED) is 0.908. The Balaban J connectivity index is 2.14. The average molecular weight is 291 g/mol. The molecule has 2 heterocycles. The maximum atomic E-state index is 11.4. The van der Waals surface area contributed by atoms with Gasteiger partial charge in [0, 0.05) is 22.8 Å². The van der Waals surface area contributed by atoms with Crippen molar-refractivity contribution in [3.8, 4) is 10.6 Å². The van der Waals surface area contributed by atoms with Gasteiger partial charge in [0.2, 0.25) is 0 Å². The highest BCUT2D eigenvalue weighted by molar-refractivity contribution is 7.13. The van der Waals surface area contributed by atoms with Crippen LogP contribution in [0.2, 0.25) is 0 Å². The lowest BCUT2D eigenvalue weighted by Crippen LogP contribution is -2.24. The van der Waals surface area contributed by atoms with E-state index in [0.717, 1.165) is 16.3 Å². The molecule has 0 spiro atoms. The van der Waals surface area contributed by atoms with E-state index in [1.807, 2.05) is 12.1 Å². The minimum absolute atomic E-state index is 0.390. The Labute approximate surface area is 121 Å². The lowest BCUT2D eigenvalue weighted by molar-refractivity contribution is -0.123. The molecule has 0 aliphatic rings. The van der Waals surface area contributed by atoms with E-state index in [1.54, 1.807) is 11.6 Å². The van der Waals surface area contributed by atoms with Crippen molar-refractivity contribution < 1.29 is 9.90 Å². The molecule has 0 fully saturated rings. The second kappa shape index (κ2) is 6.11. The third-order valence-electron chi connectivity index (χ3n) is 2.76. The summed E-state index contributed by atoms with van der Waals surface area (Å²) in [6.07, 6.45) is 0.737. The van der Waals surface area contributed by atoms with Crippen LogP contribution in [0, 0.1) is 0 Å². The zero-order valence-electron chi connectivity index (χ0n) is 11.6. The SMILES string of the molecule is CC(C)c1ccc(-c2nc(NC(=O)[C@H](C)O)cs2)cn1. The van der Waals surface area contributed by atoms with Crippen LogP contribution in [-0.2, 0) is 4.79 Å². The van der Waals surface area contributed by atoms with Crippen molar-refractivity contribution >= 4 is 23.1 Å². The van der Waals surface area contributed by atoms with Gasteiger partial charge in [-0.15, -0.1) is 11.3 Å². The first-order valence-corrected chi connectivity index (χ1v) is 7.26. The molecule has 0 bridgehead atoms. The van der Waals surface area contributed by atoms with Gasteiger partial charge >= 0.3 is 0 Å². The Bertz CT molecular complexity index is 591. The molecule has 106 valence electrons. The summed E-state index contributed by atoms with van der Waals surface area (Å²) >= 11 is 1.42. The highest BCUT2D eigenvalue weighted by atomic mass is 32.1. The molecule has 6 heteroatoms. The van der Waals surface area contributed by atoms with Crippen molar-refractivity contribution in [2.24, 2.45) is 0 Å². The molecule has 0 radical (unpaired) electrons. The molecule has 0 unspecified atom stereocenters. The van der Waals surface area contributed by atoms with E-state index in [-0.39, 0.29) is 0 Å². The summed E-state index contributed by atoms with van der Waals surface area (Å²) in [5, 5.41) is 14.2. The zero-order valence-corrected chi connectivity index (χ0v) is 12.4. The largest absolute Gasteiger partial charge is 0.384 e. The van der Waals surface area contributed by atoms with Crippen molar-refractivity contribution in [1.29, 1.82) is 0 Å². The maximum Gasteiger partial charge on any atom is 0.254 e. The molecule has 0 saturated carbocycles. The van der Waals surface area contributed by atoms with Crippen LogP contribution in [0.3, 0.4) is 0 Å². The van der Waals surface area contributed by atoms with E-state index in [0.29, 0.717) is 11.7 Å². The normalized spacial score (nSPS) is 12.4. The Hall–Kier alpha value is -1.79. The number of hydrogen-bond donors (Lipinski definition) is 2. The van der Waals surface area contributed by atoms with Crippen LogP contribution >= 0.6 is 11.3 Å². The predicted octanol–water partition coefficient (Wildman–Crippen LogP) is 2.65. The highest BCUT2D eigenvalue weighted by Gasteiger charge is 2.12. The molecule has 2 rings (SSSR count). The maximum absolute atomic E-state index is 11.4. The van der Waals surface area contributed by atoms with Crippen LogP contribution in [0.5, 0.6) is 0 Å². The van der Waals surface area contributed by atoms with Gasteiger partial charge in [0.25, 0.3) is 5.91 Å². The molecule has 0 saturated heterocycles. The van der Waals surface area contributed by atoms with Gasteiger partial charge in [0.15, 0.2) is 0 Å². The van der Waals surface area contributed by atoms with E-state index in [2.05, 4.69) is 29.1 Å². The van der Waals surface area contributed by atoms with Gasteiger partial charge < -0.3 is 10.4 Å². The van der Waals surface area contributed by atoms with Gasteiger partial charge in [0.1, 0.15) is 16.9 Å². The topological polar surface area (TPSA) is 75.1 Å². The number of nitrogens with one attached hydrogen (secondary N) is 1. The van der Waals surface area contributed by atoms with Crippen molar-refractivity contribution in [2.75, 3.05) is 5.32 Å². The highest BCUT2D eigenvalue weighted by Crippen LogP contribution is 2.26. The number of amides is 1. The lowest BCUT2D eigenvalue weighted by Gasteiger charge is -2.04. The second-order valence-corrected chi connectivity index (χ2v) is 5.69. The van der Waals surface area contributed by atoms with Gasteiger partial charge in [-0.05, 0) is 25.0 Å². The van der Waals surface area contributed by atoms with Crippen LogP contribution in [0.4, 0.5) is 5.82 Å². The third kappa shape index (κ3) is 3.40. The fourth-order valence-electron chi connectivity index (χ4n) is 1.57. The number of aromatic nitrogens is 2. The van der Waals surface area contributed by atoms with Gasteiger partial charge in [-0.1, -0.05) is 13.8 Å². The number of aliphatic hydroxyl groups excluding tert-OH is 1. The van der Waals surface area contributed by atoms with E-state index < -0.39 is 12.0 Å². The fourth-order valence-corrected chi connectivity index (χ4v) is 2.31. The molecule has 0 aliphatic carbocycles. The number of hydrogen-bond acceptors (Lipinski definition) is 5. The van der Waals surface area contributed by atoms with E-state index >= 15 is 0 Å². The summed E-state index contributed by atoms with van der Waals surface area (Å²) in [6.45, 7) is 5.60. The van der Waals surface area contributed by atoms with Crippen LogP contribution < -0.4 is 5.32 Å². The van der Waals surface area contributed by atoms with E-state index in [9.17, 15) is 4.79 Å². The monoisotopic (exact) mass is 291 g/mol. The van der Waals surface area contributed by atoms with Crippen molar-refractivity contribution in [2.45, 2.75) is 32.8 Å². The van der Waals surface area contributed by atoms with E-state index in [4.69, 9.17) is 5.11 Å². The van der Waals surface area contributed by atoms with Gasteiger partial charge in [0.05, 0.1) is 0 Å². The van der Waals surface area contributed by atoms with Crippen LogP contribution in [-0.4, -0.2) is 27.1 Å². The molecule has 2 aromatic rings. The number of carbonyl (C=O) groups is 1. The first-order chi connectivity index (χ1) is 9.47. The minimum atomic E-state index is -1.05. The molecule has 1 amide bonds. The Kier molecular flexibility index (Phi) is 4.46. The lowest BCUT2D eigenvalue weighted by atomic mass is 10.1. The molecule has 0 aliphatic heterocycles. The van der Waals surface area contributed by atoms with Crippen LogP contribution in [0.15, 0.2) is 23.7 Å². The summed E-state index contributed by atoms with van der Waals surface area (Å²) in [6, 6.07) is 3.96. The average Bonchev–Trinajstić information content (AvgIpc) is 2.87. The predicted molar refractivity (Wildman–Crippen MR) is 79.7 cm³/mol. The molecule has 5 nitrogen and oxygen atoms in total. The van der Waals surface area contributed by atoms with E-state index in [1.165, 1.54) is 18.3 Å². The van der Waals surface area contributed by atoms with Crippen molar-refractivity contribution in [3.63, 3.8) is 0 Å². The van der Waals surface area contributed by atoms with Gasteiger partial charge in [-0.2, -0.15) is 0 Å². The number of pyridine rings is 1. The standard InChI is InChI=1S/C14H17N3O2S/c1-8(2)11-5-4-10(6-15-11)14-17-12(7-20-14)16-13(19)9(3)18/h4-9,18H,1-3H3,(H,16,19)/t9-/m0/s1. The van der Waals surface area contributed by atoms with Crippen molar-refractivity contribution in [3.05, 3.63) is 29.4 Å². The van der Waals surface area contributed by atoms with Crippen molar-refractivity contribution in [1.82, 2.24) is 9.97 Å². The number of carbonyl (C=O) groups excluding carboxylic acids is 1. The minimum Gasteiger partial charge on any atom is -0.384 e. The summed E-state index contributed by atoms with van der Waals surface area (Å²) < 4.78 is 0. The zero-order chi connectivity index (χ0) is 14.7. The first-order valence-electron chi connectivity index (χ1n) is 6.38. The summed E-state index contributed by atoms with van der Waals surface area (Å²) in [7, 11) is 0. The number of thiazole rings is 1. The molecule has 20 heavy (non-hydrogen) atoms. The van der Waals surface area contributed by atoms with Crippen LogP contribution in [0.1, 0.15) is 32.4 Å². The second-order valence-electron chi connectivity index (χ2n) is 4.83. The van der Waals surface area contributed by atoms with Gasteiger partial charge in [-0.3, -0.25) is 9.78 Å². The molecular weight excluding hydrogens is 274 g/mol. The smallest absolute Gasteiger partial charge is 0.254 e. The van der Waals surface area contributed by atoms with Crippen LogP contribution in [0.25, 0.3) is 10.6 Å². The number of nitrogens with zero attached hydrogens (tertiary/aromatic N) is 2. The Morgan fingerprint density at radius 3 is 2.65 bits per heavy atom. The number of anilines is 1. The molecular formula is C14H17N3O2S. The Morgan fingerprint density at radius 1 is 1.35 bits per heavy atom. The van der Waals surface area contributed by atoms with Gasteiger partial charge in [-0.25, -0.2) is 4.98 Å². The fraction of sp³-hybridized carbons (Fsp3) is 0.357. The molecule has 0 aromatic carbocycles. The molecule has 2 N–H and O–H groups in total. The summed E-state index contributed by atoms with van der Waals surface area (Å²) in [4.78, 5) is 20.1.